The molecule has 0 amide bonds. The average molecular weight is 404 g/mol. The van der Waals surface area contributed by atoms with Crippen LogP contribution in [-0.4, -0.2) is 25.8 Å². The molecule has 30 heavy (non-hydrogen) atoms. The highest BCUT2D eigenvalue weighted by molar-refractivity contribution is 5.96. The summed E-state index contributed by atoms with van der Waals surface area (Å²) in [6.07, 6.45) is 6.85. The topological polar surface area (TPSA) is 68.0 Å². The van der Waals surface area contributed by atoms with Crippen LogP contribution in [0.2, 0.25) is 0 Å². The van der Waals surface area contributed by atoms with Gasteiger partial charge in [0.2, 0.25) is 0 Å². The van der Waals surface area contributed by atoms with Gasteiger partial charge in [0.15, 0.2) is 11.6 Å². The summed E-state index contributed by atoms with van der Waals surface area (Å²) in [6, 6.07) is 15.2. The highest BCUT2D eigenvalue weighted by Gasteiger charge is 2.14. The van der Waals surface area contributed by atoms with E-state index in [1.54, 1.807) is 6.07 Å². The first-order chi connectivity index (χ1) is 14.5. The lowest BCUT2D eigenvalue weighted by Crippen LogP contribution is -2.07. The molecule has 5 heteroatoms. The Labute approximate surface area is 178 Å². The standard InChI is InChI=1S/C25H29N3O2/c1-4-5-11-24-26-23(15-12-18(2)3)27-28(24)17-19-13-14-21(22(16-19)25(29)30)20-9-7-6-8-10-20/h5-11,13-14,16,18H,4,12,15,17H2,1-3H3,(H,29,30). The fraction of sp³-hybridized carbons (Fsp3) is 0.320. The molecule has 0 saturated heterocycles. The minimum Gasteiger partial charge on any atom is -0.478 e. The zero-order valence-electron chi connectivity index (χ0n) is 17.9. The number of allylic oxidation sites excluding steroid dienone is 1. The Bertz CT molecular complexity index is 1020. The first-order valence-corrected chi connectivity index (χ1v) is 10.5. The van der Waals surface area contributed by atoms with Crippen molar-refractivity contribution in [3.8, 4) is 11.1 Å². The van der Waals surface area contributed by atoms with Crippen LogP contribution in [0.15, 0.2) is 54.6 Å². The minimum atomic E-state index is -0.932. The molecular weight excluding hydrogens is 374 g/mol. The number of benzene rings is 2. The van der Waals surface area contributed by atoms with Gasteiger partial charge in [0.1, 0.15) is 0 Å². The third kappa shape index (κ3) is 5.44. The Morgan fingerprint density at radius 2 is 1.93 bits per heavy atom. The molecule has 0 atom stereocenters. The fourth-order valence-corrected chi connectivity index (χ4v) is 3.30. The number of rotatable bonds is 9. The lowest BCUT2D eigenvalue weighted by molar-refractivity contribution is 0.0697. The number of aryl methyl sites for hydroxylation is 1. The van der Waals surface area contributed by atoms with Crippen LogP contribution in [0.5, 0.6) is 0 Å². The zero-order valence-corrected chi connectivity index (χ0v) is 17.9. The third-order valence-corrected chi connectivity index (χ3v) is 4.92. The number of nitrogens with zero attached hydrogens (tertiary/aromatic N) is 3. The molecule has 3 rings (SSSR count). The highest BCUT2D eigenvalue weighted by atomic mass is 16.4. The second-order valence-electron chi connectivity index (χ2n) is 7.84. The zero-order chi connectivity index (χ0) is 21.5. The van der Waals surface area contributed by atoms with Crippen molar-refractivity contribution in [3.05, 3.63) is 77.4 Å². The number of carboxylic acids is 1. The predicted octanol–water partition coefficient (Wildman–Crippen LogP) is 5.70. The van der Waals surface area contributed by atoms with Gasteiger partial charge in [-0.3, -0.25) is 0 Å². The summed E-state index contributed by atoms with van der Waals surface area (Å²) in [4.78, 5) is 16.6. The normalized spacial score (nSPS) is 11.5. The number of hydrogen-bond acceptors (Lipinski definition) is 3. The van der Waals surface area contributed by atoms with E-state index in [9.17, 15) is 9.90 Å². The van der Waals surface area contributed by atoms with E-state index >= 15 is 0 Å². The van der Waals surface area contributed by atoms with Gasteiger partial charge in [-0.05, 0) is 47.6 Å². The minimum absolute atomic E-state index is 0.296. The van der Waals surface area contributed by atoms with Crippen molar-refractivity contribution in [2.24, 2.45) is 5.92 Å². The lowest BCUT2D eigenvalue weighted by atomic mass is 9.97. The van der Waals surface area contributed by atoms with E-state index in [2.05, 4.69) is 31.8 Å². The average Bonchev–Trinajstić information content (AvgIpc) is 3.12. The summed E-state index contributed by atoms with van der Waals surface area (Å²) >= 11 is 0. The number of hydrogen-bond donors (Lipinski definition) is 1. The van der Waals surface area contributed by atoms with Crippen LogP contribution in [0.1, 0.15) is 61.2 Å². The van der Waals surface area contributed by atoms with Crippen LogP contribution >= 0.6 is 0 Å². The van der Waals surface area contributed by atoms with Gasteiger partial charge in [0.05, 0.1) is 12.1 Å². The number of carboxylic acid groups (broad SMARTS) is 1. The molecule has 5 nitrogen and oxygen atoms in total. The van der Waals surface area contributed by atoms with Gasteiger partial charge in [-0.25, -0.2) is 14.5 Å². The SMILES string of the molecule is CCC=Cc1nc(CCC(C)C)nn1Cc1ccc(-c2ccccc2)c(C(=O)O)c1. The maximum atomic E-state index is 11.9. The van der Waals surface area contributed by atoms with Crippen molar-refractivity contribution < 1.29 is 9.90 Å². The maximum absolute atomic E-state index is 11.9. The van der Waals surface area contributed by atoms with Crippen molar-refractivity contribution >= 4 is 12.0 Å². The van der Waals surface area contributed by atoms with E-state index in [1.165, 1.54) is 0 Å². The van der Waals surface area contributed by atoms with Gasteiger partial charge < -0.3 is 5.11 Å². The molecule has 0 aliphatic rings. The number of carbonyl (C=O) groups is 1. The van der Waals surface area contributed by atoms with E-state index < -0.39 is 5.97 Å². The molecule has 0 saturated carbocycles. The Hall–Kier alpha value is -3.21. The molecule has 2 aromatic carbocycles. The second-order valence-corrected chi connectivity index (χ2v) is 7.84. The van der Waals surface area contributed by atoms with Gasteiger partial charge in [0.25, 0.3) is 0 Å². The Balaban J connectivity index is 1.92. The van der Waals surface area contributed by atoms with E-state index in [-0.39, 0.29) is 0 Å². The van der Waals surface area contributed by atoms with Crippen molar-refractivity contribution in [1.82, 2.24) is 14.8 Å². The summed E-state index contributed by atoms with van der Waals surface area (Å²) in [5.41, 5.74) is 2.79. The second kappa shape index (κ2) is 10.0. The maximum Gasteiger partial charge on any atom is 0.336 e. The van der Waals surface area contributed by atoms with Crippen LogP contribution in [-0.2, 0) is 13.0 Å². The van der Waals surface area contributed by atoms with E-state index in [1.807, 2.05) is 53.2 Å². The van der Waals surface area contributed by atoms with Crippen molar-refractivity contribution in [3.63, 3.8) is 0 Å². The Morgan fingerprint density at radius 3 is 2.60 bits per heavy atom. The van der Waals surface area contributed by atoms with E-state index in [0.717, 1.165) is 42.0 Å². The van der Waals surface area contributed by atoms with Gasteiger partial charge in [0, 0.05) is 6.42 Å². The molecule has 0 bridgehead atoms. The van der Waals surface area contributed by atoms with Gasteiger partial charge in [-0.1, -0.05) is 69.3 Å². The van der Waals surface area contributed by atoms with Crippen LogP contribution in [0, 0.1) is 5.92 Å². The van der Waals surface area contributed by atoms with Crippen LogP contribution in [0.4, 0.5) is 0 Å². The molecule has 0 radical (unpaired) electrons. The first-order valence-electron chi connectivity index (χ1n) is 10.5. The monoisotopic (exact) mass is 403 g/mol. The molecule has 0 aliphatic heterocycles. The molecule has 1 heterocycles. The summed E-state index contributed by atoms with van der Waals surface area (Å²) < 4.78 is 1.87. The summed E-state index contributed by atoms with van der Waals surface area (Å²) in [7, 11) is 0. The Kier molecular flexibility index (Phi) is 7.17. The van der Waals surface area contributed by atoms with Crippen molar-refractivity contribution in [2.75, 3.05) is 0 Å². The molecule has 0 unspecified atom stereocenters. The molecule has 0 fully saturated rings. The summed E-state index contributed by atoms with van der Waals surface area (Å²) in [5, 5.41) is 14.5. The molecular formula is C25H29N3O2. The molecule has 1 aromatic heterocycles. The van der Waals surface area contributed by atoms with E-state index in [4.69, 9.17) is 5.10 Å². The lowest BCUT2D eigenvalue weighted by Gasteiger charge is -2.10. The fourth-order valence-electron chi connectivity index (χ4n) is 3.30. The molecule has 0 spiro atoms. The number of aromatic nitrogens is 3. The molecule has 0 aliphatic carbocycles. The predicted molar refractivity (Wildman–Crippen MR) is 120 cm³/mol. The van der Waals surface area contributed by atoms with Crippen molar-refractivity contribution in [2.45, 2.75) is 46.6 Å². The summed E-state index contributed by atoms with van der Waals surface area (Å²) in [5.74, 6) is 1.30. The third-order valence-electron chi connectivity index (χ3n) is 4.92. The molecule has 156 valence electrons. The smallest absolute Gasteiger partial charge is 0.336 e. The quantitative estimate of drug-likeness (QED) is 0.497. The van der Waals surface area contributed by atoms with Crippen LogP contribution in [0.3, 0.4) is 0 Å². The van der Waals surface area contributed by atoms with Gasteiger partial charge >= 0.3 is 5.97 Å². The Morgan fingerprint density at radius 1 is 1.17 bits per heavy atom. The van der Waals surface area contributed by atoms with Gasteiger partial charge in [-0.2, -0.15) is 5.10 Å². The highest BCUT2D eigenvalue weighted by Crippen LogP contribution is 2.25. The van der Waals surface area contributed by atoms with Crippen LogP contribution in [0.25, 0.3) is 17.2 Å². The van der Waals surface area contributed by atoms with Crippen LogP contribution < -0.4 is 0 Å². The molecule has 3 aromatic rings. The molecule has 1 N–H and O–H groups in total. The van der Waals surface area contributed by atoms with E-state index in [0.29, 0.717) is 23.6 Å². The summed E-state index contributed by atoms with van der Waals surface area (Å²) in [6.45, 7) is 6.94. The van der Waals surface area contributed by atoms with Gasteiger partial charge in [-0.15, -0.1) is 0 Å². The largest absolute Gasteiger partial charge is 0.478 e. The first kappa shape index (κ1) is 21.5. The number of aromatic carboxylic acids is 1. The van der Waals surface area contributed by atoms with Crippen molar-refractivity contribution in [1.29, 1.82) is 0 Å².